The first-order valence-electron chi connectivity index (χ1n) is 12.9. The van der Waals surface area contributed by atoms with Crippen LogP contribution in [0.3, 0.4) is 0 Å². The molecule has 1 N–H and O–H groups in total. The van der Waals surface area contributed by atoms with Gasteiger partial charge in [0.25, 0.3) is 0 Å². The van der Waals surface area contributed by atoms with E-state index in [1.54, 1.807) is 24.3 Å². The fourth-order valence-corrected chi connectivity index (χ4v) is 6.56. The second kappa shape index (κ2) is 12.0. The average molecular weight is 582 g/mol. The Morgan fingerprint density at radius 2 is 1.51 bits per heavy atom. The van der Waals surface area contributed by atoms with Gasteiger partial charge in [0, 0.05) is 28.8 Å². The number of aryl methyl sites for hydroxylation is 1. The van der Waals surface area contributed by atoms with E-state index >= 15 is 0 Å². The van der Waals surface area contributed by atoms with Crippen molar-refractivity contribution in [1.29, 1.82) is 0 Å². The van der Waals surface area contributed by atoms with Crippen LogP contribution in [0.4, 0.5) is 5.69 Å². The summed E-state index contributed by atoms with van der Waals surface area (Å²) < 4.78 is 34.8. The number of hydrogen-bond acceptors (Lipinski definition) is 4. The lowest BCUT2D eigenvalue weighted by Gasteiger charge is -2.42. The summed E-state index contributed by atoms with van der Waals surface area (Å²) in [7, 11) is -3.67. The largest absolute Gasteiger partial charge is 0.457 e. The monoisotopic (exact) mass is 580 g/mol. The van der Waals surface area contributed by atoms with E-state index in [0.29, 0.717) is 29.6 Å². The van der Waals surface area contributed by atoms with E-state index in [1.165, 1.54) is 5.56 Å². The molecule has 1 fully saturated rings. The molecule has 4 aromatic rings. The van der Waals surface area contributed by atoms with E-state index in [4.69, 9.17) is 27.9 Å². The number of piperidine rings is 1. The summed E-state index contributed by atoms with van der Waals surface area (Å²) in [5.41, 5.74) is 3.43. The van der Waals surface area contributed by atoms with Gasteiger partial charge in [-0.05, 0) is 110 Å². The molecule has 0 aliphatic carbocycles. The summed E-state index contributed by atoms with van der Waals surface area (Å²) >= 11 is 12.4. The van der Waals surface area contributed by atoms with Crippen LogP contribution in [-0.4, -0.2) is 21.5 Å². The summed E-state index contributed by atoms with van der Waals surface area (Å²) in [5, 5.41) is 1.40. The fraction of sp³-hybridized carbons (Fsp3) is 0.226. The second-order valence-corrected chi connectivity index (χ2v) is 12.5. The maximum Gasteiger partial charge on any atom is 0.240 e. The molecule has 0 radical (unpaired) electrons. The molecule has 39 heavy (non-hydrogen) atoms. The minimum Gasteiger partial charge on any atom is -0.457 e. The van der Waals surface area contributed by atoms with Crippen molar-refractivity contribution >= 4 is 38.9 Å². The van der Waals surface area contributed by atoms with Gasteiger partial charge in [-0.2, -0.15) is 0 Å². The van der Waals surface area contributed by atoms with Crippen LogP contribution in [0.2, 0.25) is 10.0 Å². The van der Waals surface area contributed by atoms with Crippen LogP contribution in [0, 0.1) is 12.8 Å². The van der Waals surface area contributed by atoms with E-state index in [9.17, 15) is 8.42 Å². The Labute approximate surface area is 240 Å². The van der Waals surface area contributed by atoms with Gasteiger partial charge in [0.1, 0.15) is 11.5 Å². The van der Waals surface area contributed by atoms with Crippen LogP contribution in [0.5, 0.6) is 11.5 Å². The molecular formula is C31H30Cl2N2O3S. The number of nitrogens with one attached hydrogen (secondary N) is 1. The number of anilines is 1. The van der Waals surface area contributed by atoms with Crippen molar-refractivity contribution in [3.05, 3.63) is 118 Å². The molecule has 4 aromatic carbocycles. The topological polar surface area (TPSA) is 58.6 Å². The number of nitrogens with zero attached hydrogens (tertiary/aromatic N) is 1. The zero-order chi connectivity index (χ0) is 27.4. The molecule has 0 amide bonds. The van der Waals surface area contributed by atoms with Crippen LogP contribution >= 0.6 is 23.2 Å². The number of hydrogen-bond donors (Lipinski definition) is 1. The van der Waals surface area contributed by atoms with Crippen molar-refractivity contribution in [2.24, 2.45) is 5.92 Å². The van der Waals surface area contributed by atoms with Gasteiger partial charge in [0.15, 0.2) is 0 Å². The highest BCUT2D eigenvalue weighted by Gasteiger charge is 2.31. The summed E-state index contributed by atoms with van der Waals surface area (Å²) in [4.78, 5) is 2.56. The van der Waals surface area contributed by atoms with Crippen molar-refractivity contribution in [3.63, 3.8) is 0 Å². The highest BCUT2D eigenvalue weighted by Crippen LogP contribution is 2.39. The van der Waals surface area contributed by atoms with Gasteiger partial charge in [-0.1, -0.05) is 47.5 Å². The molecule has 0 bridgehead atoms. The number of rotatable bonds is 8. The molecule has 5 nitrogen and oxygen atoms in total. The first-order valence-corrected chi connectivity index (χ1v) is 15.1. The third-order valence-electron chi connectivity index (χ3n) is 7.10. The highest BCUT2D eigenvalue weighted by molar-refractivity contribution is 7.89. The van der Waals surface area contributed by atoms with Crippen molar-refractivity contribution in [2.75, 3.05) is 18.0 Å². The standard InChI is InChI=1S/C31H30Cl2N2O3S/c1-22-19-25(33)10-17-30(22)31-18-7-23(21-35(31)26-11-8-24(32)9-12-26)20-34-39(36,37)29-15-13-28(14-16-29)38-27-5-3-2-4-6-27/h2-6,8-17,19,23,31,34H,7,18,20-21H2,1H3. The van der Waals surface area contributed by atoms with Gasteiger partial charge in [-0.15, -0.1) is 0 Å². The van der Waals surface area contributed by atoms with Crippen molar-refractivity contribution in [3.8, 4) is 11.5 Å². The quantitative estimate of drug-likeness (QED) is 0.229. The van der Waals surface area contributed by atoms with Gasteiger partial charge in [-0.25, -0.2) is 13.1 Å². The van der Waals surface area contributed by atoms with E-state index < -0.39 is 10.0 Å². The first kappa shape index (κ1) is 27.5. The third kappa shape index (κ3) is 6.76. The molecule has 5 rings (SSSR count). The predicted molar refractivity (Wildman–Crippen MR) is 159 cm³/mol. The smallest absolute Gasteiger partial charge is 0.240 e. The van der Waals surface area contributed by atoms with Crippen LogP contribution in [0.1, 0.15) is 30.0 Å². The van der Waals surface area contributed by atoms with Gasteiger partial charge in [0.2, 0.25) is 10.0 Å². The third-order valence-corrected chi connectivity index (χ3v) is 9.03. The molecule has 1 aliphatic rings. The lowest BCUT2D eigenvalue weighted by Crippen LogP contribution is -2.43. The highest BCUT2D eigenvalue weighted by atomic mass is 35.5. The van der Waals surface area contributed by atoms with Crippen LogP contribution in [-0.2, 0) is 10.0 Å². The van der Waals surface area contributed by atoms with E-state index in [-0.39, 0.29) is 16.9 Å². The Kier molecular flexibility index (Phi) is 8.48. The molecule has 2 atom stereocenters. The number of ether oxygens (including phenoxy) is 1. The maximum atomic E-state index is 13.1. The predicted octanol–water partition coefficient (Wildman–Crippen LogP) is 8.03. The fourth-order valence-electron chi connectivity index (χ4n) is 5.09. The average Bonchev–Trinajstić information content (AvgIpc) is 2.93. The van der Waals surface area contributed by atoms with Gasteiger partial charge in [0.05, 0.1) is 10.9 Å². The summed E-state index contributed by atoms with van der Waals surface area (Å²) in [6.45, 7) is 3.14. The van der Waals surface area contributed by atoms with E-state index in [0.717, 1.165) is 29.1 Å². The van der Waals surface area contributed by atoms with Gasteiger partial charge in [-0.3, -0.25) is 0 Å². The normalized spacial score (nSPS) is 17.7. The summed E-state index contributed by atoms with van der Waals surface area (Å²) in [6, 6.07) is 29.9. The second-order valence-electron chi connectivity index (χ2n) is 9.83. The lowest BCUT2D eigenvalue weighted by atomic mass is 9.87. The summed E-state index contributed by atoms with van der Waals surface area (Å²) in [5.74, 6) is 1.41. The summed E-state index contributed by atoms with van der Waals surface area (Å²) in [6.07, 6.45) is 1.78. The van der Waals surface area contributed by atoms with Crippen molar-refractivity contribution < 1.29 is 13.2 Å². The Morgan fingerprint density at radius 1 is 0.846 bits per heavy atom. The van der Waals surface area contributed by atoms with Crippen LogP contribution < -0.4 is 14.4 Å². The van der Waals surface area contributed by atoms with Gasteiger partial charge >= 0.3 is 0 Å². The molecule has 1 aliphatic heterocycles. The number of sulfonamides is 1. The molecule has 0 spiro atoms. The van der Waals surface area contributed by atoms with Crippen LogP contribution in [0.25, 0.3) is 0 Å². The number of benzene rings is 4. The molecule has 0 aromatic heterocycles. The van der Waals surface area contributed by atoms with Crippen LogP contribution in [0.15, 0.2) is 102 Å². The Morgan fingerprint density at radius 3 is 2.21 bits per heavy atom. The number of halogens is 2. The Balaban J connectivity index is 1.28. The van der Waals surface area contributed by atoms with E-state index in [2.05, 4.69) is 22.6 Å². The molecule has 8 heteroatoms. The molecular weight excluding hydrogens is 551 g/mol. The minimum absolute atomic E-state index is 0.139. The first-order chi connectivity index (χ1) is 18.8. The van der Waals surface area contributed by atoms with E-state index in [1.807, 2.05) is 66.7 Å². The molecule has 202 valence electrons. The Bertz CT molecular complexity index is 1510. The number of para-hydroxylation sites is 1. The molecule has 1 saturated heterocycles. The lowest BCUT2D eigenvalue weighted by molar-refractivity contribution is 0.357. The zero-order valence-electron chi connectivity index (χ0n) is 21.6. The maximum absolute atomic E-state index is 13.1. The van der Waals surface area contributed by atoms with Crippen molar-refractivity contribution in [1.82, 2.24) is 4.72 Å². The molecule has 2 unspecified atom stereocenters. The minimum atomic E-state index is -3.67. The zero-order valence-corrected chi connectivity index (χ0v) is 23.9. The van der Waals surface area contributed by atoms with Gasteiger partial charge < -0.3 is 9.64 Å². The molecule has 1 heterocycles. The Hall–Kier alpha value is -3.03. The molecule has 0 saturated carbocycles. The van der Waals surface area contributed by atoms with Crippen molar-refractivity contribution in [2.45, 2.75) is 30.7 Å². The SMILES string of the molecule is Cc1cc(Cl)ccc1C1CCC(CNS(=O)(=O)c2ccc(Oc3ccccc3)cc2)CN1c1ccc(Cl)cc1.